The Kier molecular flexibility index (Phi) is 5.93. The zero-order valence-electron chi connectivity index (χ0n) is 12.2. The first kappa shape index (κ1) is 14.3. The van der Waals surface area contributed by atoms with Crippen LogP contribution in [-0.2, 0) is 4.74 Å². The number of nitrogens with one attached hydrogen (secondary N) is 1. The number of nitrogens with zero attached hydrogens (tertiary/aromatic N) is 1. The molecule has 1 saturated heterocycles. The number of rotatable bonds is 9. The van der Waals surface area contributed by atoms with Crippen molar-refractivity contribution in [3.63, 3.8) is 0 Å². The topological polar surface area (TPSA) is 24.5 Å². The minimum absolute atomic E-state index is 0.473. The second-order valence-electron chi connectivity index (χ2n) is 5.89. The maximum Gasteiger partial charge on any atom is 0.0707 e. The Morgan fingerprint density at radius 1 is 1.11 bits per heavy atom. The highest BCUT2D eigenvalue weighted by molar-refractivity contribution is 4.84. The van der Waals surface area contributed by atoms with Gasteiger partial charge in [-0.1, -0.05) is 20.3 Å². The first-order valence-electron chi connectivity index (χ1n) is 7.93. The Balaban J connectivity index is 1.60. The summed E-state index contributed by atoms with van der Waals surface area (Å²) in [5.74, 6) is 0. The van der Waals surface area contributed by atoms with Gasteiger partial charge in [0.15, 0.2) is 0 Å². The van der Waals surface area contributed by atoms with Crippen molar-refractivity contribution in [2.75, 3.05) is 26.2 Å². The molecule has 1 aliphatic heterocycles. The minimum Gasteiger partial charge on any atom is -0.372 e. The van der Waals surface area contributed by atoms with Gasteiger partial charge in [-0.3, -0.25) is 0 Å². The van der Waals surface area contributed by atoms with Crippen molar-refractivity contribution in [2.24, 2.45) is 0 Å². The van der Waals surface area contributed by atoms with E-state index in [-0.39, 0.29) is 0 Å². The third-order valence-electron chi connectivity index (χ3n) is 4.14. The van der Waals surface area contributed by atoms with Crippen LogP contribution in [0.2, 0.25) is 0 Å². The van der Waals surface area contributed by atoms with Gasteiger partial charge < -0.3 is 15.0 Å². The van der Waals surface area contributed by atoms with Crippen LogP contribution >= 0.6 is 0 Å². The summed E-state index contributed by atoms with van der Waals surface area (Å²) in [5.41, 5.74) is 0. The summed E-state index contributed by atoms with van der Waals surface area (Å²) in [5, 5.41) is 3.58. The lowest BCUT2D eigenvalue weighted by atomic mass is 10.2. The molecule has 0 bridgehead atoms. The van der Waals surface area contributed by atoms with E-state index in [0.29, 0.717) is 12.2 Å². The Labute approximate surface area is 112 Å². The van der Waals surface area contributed by atoms with E-state index in [1.54, 1.807) is 0 Å². The lowest BCUT2D eigenvalue weighted by molar-refractivity contribution is 0.0239. The molecule has 3 heteroatoms. The lowest BCUT2D eigenvalue weighted by Crippen LogP contribution is -2.34. The van der Waals surface area contributed by atoms with Gasteiger partial charge in [0.05, 0.1) is 12.2 Å². The maximum atomic E-state index is 6.15. The standard InChI is InChI=1S/C15H30N2O/c1-3-5-10-17(4-2)12-15-9-8-14(18-15)11-16-13-6-7-13/h13-16H,3-12H2,1-2H3. The van der Waals surface area contributed by atoms with Crippen LogP contribution in [0.3, 0.4) is 0 Å². The number of hydrogen-bond donors (Lipinski definition) is 1. The zero-order chi connectivity index (χ0) is 12.8. The summed E-state index contributed by atoms with van der Waals surface area (Å²) in [4.78, 5) is 2.55. The smallest absolute Gasteiger partial charge is 0.0707 e. The molecule has 0 aromatic carbocycles. The fourth-order valence-corrected chi connectivity index (χ4v) is 2.70. The van der Waals surface area contributed by atoms with Crippen molar-refractivity contribution in [2.45, 2.75) is 70.6 Å². The molecule has 0 aromatic rings. The fraction of sp³-hybridized carbons (Fsp3) is 1.00. The van der Waals surface area contributed by atoms with Crippen LogP contribution in [0.1, 0.15) is 52.4 Å². The van der Waals surface area contributed by atoms with Crippen molar-refractivity contribution in [1.82, 2.24) is 10.2 Å². The van der Waals surface area contributed by atoms with Gasteiger partial charge in [0, 0.05) is 19.1 Å². The Hall–Kier alpha value is -0.120. The number of hydrogen-bond acceptors (Lipinski definition) is 3. The van der Waals surface area contributed by atoms with Crippen LogP contribution < -0.4 is 5.32 Å². The number of likely N-dealkylation sites (N-methyl/N-ethyl adjacent to an activating group) is 1. The van der Waals surface area contributed by atoms with E-state index in [9.17, 15) is 0 Å². The van der Waals surface area contributed by atoms with E-state index in [2.05, 4.69) is 24.1 Å². The minimum atomic E-state index is 0.473. The Morgan fingerprint density at radius 3 is 2.56 bits per heavy atom. The van der Waals surface area contributed by atoms with Gasteiger partial charge in [-0.15, -0.1) is 0 Å². The Morgan fingerprint density at radius 2 is 1.89 bits per heavy atom. The van der Waals surface area contributed by atoms with Gasteiger partial charge in [0.25, 0.3) is 0 Å². The van der Waals surface area contributed by atoms with Crippen LogP contribution in [0.5, 0.6) is 0 Å². The molecule has 1 saturated carbocycles. The summed E-state index contributed by atoms with van der Waals surface area (Å²) < 4.78 is 6.15. The molecular formula is C15H30N2O. The molecule has 1 N–H and O–H groups in total. The van der Waals surface area contributed by atoms with Gasteiger partial charge in [0.2, 0.25) is 0 Å². The summed E-state index contributed by atoms with van der Waals surface area (Å²) in [7, 11) is 0. The van der Waals surface area contributed by atoms with E-state index >= 15 is 0 Å². The third kappa shape index (κ3) is 4.87. The largest absolute Gasteiger partial charge is 0.372 e. The van der Waals surface area contributed by atoms with Gasteiger partial charge in [0.1, 0.15) is 0 Å². The third-order valence-corrected chi connectivity index (χ3v) is 4.14. The van der Waals surface area contributed by atoms with Crippen LogP contribution in [0.4, 0.5) is 0 Å². The van der Waals surface area contributed by atoms with E-state index in [1.807, 2.05) is 0 Å². The average Bonchev–Trinajstić information content (AvgIpc) is 3.12. The maximum absolute atomic E-state index is 6.15. The van der Waals surface area contributed by atoms with Crippen molar-refractivity contribution in [1.29, 1.82) is 0 Å². The molecule has 0 aromatic heterocycles. The highest BCUT2D eigenvalue weighted by Gasteiger charge is 2.28. The van der Waals surface area contributed by atoms with E-state index in [4.69, 9.17) is 4.74 Å². The van der Waals surface area contributed by atoms with Crippen molar-refractivity contribution in [3.8, 4) is 0 Å². The summed E-state index contributed by atoms with van der Waals surface area (Å²) >= 11 is 0. The van der Waals surface area contributed by atoms with Crippen LogP contribution in [0, 0.1) is 0 Å². The number of unbranched alkanes of at least 4 members (excludes halogenated alkanes) is 1. The molecule has 2 atom stereocenters. The molecule has 0 radical (unpaired) electrons. The van der Waals surface area contributed by atoms with E-state index in [1.165, 1.54) is 45.1 Å². The van der Waals surface area contributed by atoms with Crippen molar-refractivity contribution < 1.29 is 4.74 Å². The van der Waals surface area contributed by atoms with E-state index < -0.39 is 0 Å². The van der Waals surface area contributed by atoms with Crippen molar-refractivity contribution >= 4 is 0 Å². The van der Waals surface area contributed by atoms with E-state index in [0.717, 1.165) is 25.7 Å². The van der Waals surface area contributed by atoms with Gasteiger partial charge in [-0.2, -0.15) is 0 Å². The first-order chi connectivity index (χ1) is 8.81. The van der Waals surface area contributed by atoms with Gasteiger partial charge in [-0.05, 0) is 45.2 Å². The predicted molar refractivity (Wildman–Crippen MR) is 75.9 cm³/mol. The predicted octanol–water partition coefficient (Wildman–Crippen LogP) is 2.41. The summed E-state index contributed by atoms with van der Waals surface area (Å²) in [6.45, 7) is 9.12. The summed E-state index contributed by atoms with van der Waals surface area (Å²) in [6, 6.07) is 0.810. The lowest BCUT2D eigenvalue weighted by Gasteiger charge is -2.24. The molecule has 0 amide bonds. The highest BCUT2D eigenvalue weighted by Crippen LogP contribution is 2.23. The second-order valence-corrected chi connectivity index (χ2v) is 5.89. The number of ether oxygens (including phenoxy) is 1. The molecule has 2 rings (SSSR count). The SMILES string of the molecule is CCCCN(CC)CC1CCC(CNC2CC2)O1. The molecule has 2 aliphatic rings. The zero-order valence-corrected chi connectivity index (χ0v) is 12.2. The molecule has 1 aliphatic carbocycles. The molecule has 1 heterocycles. The molecule has 0 spiro atoms. The second kappa shape index (κ2) is 7.46. The highest BCUT2D eigenvalue weighted by atomic mass is 16.5. The molecule has 2 unspecified atom stereocenters. The summed E-state index contributed by atoms with van der Waals surface area (Å²) in [6.07, 6.45) is 8.79. The quantitative estimate of drug-likeness (QED) is 0.684. The van der Waals surface area contributed by atoms with Crippen LogP contribution in [0.25, 0.3) is 0 Å². The van der Waals surface area contributed by atoms with Gasteiger partial charge in [-0.25, -0.2) is 0 Å². The molecule has 2 fully saturated rings. The first-order valence-corrected chi connectivity index (χ1v) is 7.93. The molecule has 3 nitrogen and oxygen atoms in total. The normalized spacial score (nSPS) is 28.2. The Bertz CT molecular complexity index is 231. The van der Waals surface area contributed by atoms with Crippen molar-refractivity contribution in [3.05, 3.63) is 0 Å². The van der Waals surface area contributed by atoms with Crippen LogP contribution in [0.15, 0.2) is 0 Å². The monoisotopic (exact) mass is 254 g/mol. The molecule has 18 heavy (non-hydrogen) atoms. The fourth-order valence-electron chi connectivity index (χ4n) is 2.70. The molecule has 106 valence electrons. The average molecular weight is 254 g/mol. The molecular weight excluding hydrogens is 224 g/mol. The van der Waals surface area contributed by atoms with Crippen LogP contribution in [-0.4, -0.2) is 49.3 Å². The van der Waals surface area contributed by atoms with Gasteiger partial charge >= 0.3 is 0 Å².